The third kappa shape index (κ3) is 12.1. The second-order valence-corrected chi connectivity index (χ2v) is 8.84. The summed E-state index contributed by atoms with van der Waals surface area (Å²) in [6, 6.07) is 0. The van der Waals surface area contributed by atoms with Gasteiger partial charge in [0, 0.05) is 43.6 Å². The van der Waals surface area contributed by atoms with Gasteiger partial charge in [-0.1, -0.05) is 28.0 Å². The molecular weight excluding hydrogens is 364 g/mol. The van der Waals surface area contributed by atoms with Gasteiger partial charge in [-0.2, -0.15) is 0 Å². The van der Waals surface area contributed by atoms with Crippen molar-refractivity contribution in [1.29, 1.82) is 0 Å². The summed E-state index contributed by atoms with van der Waals surface area (Å²) in [6.07, 6.45) is 4.82. The molecule has 7 nitrogen and oxygen atoms in total. The molecule has 25 heavy (non-hydrogen) atoms. The molecule has 0 aromatic carbocycles. The highest BCUT2D eigenvalue weighted by Gasteiger charge is 2.16. The van der Waals surface area contributed by atoms with E-state index >= 15 is 0 Å². The van der Waals surface area contributed by atoms with Gasteiger partial charge < -0.3 is 20.4 Å². The average Bonchev–Trinajstić information content (AvgIpc) is 3.06. The Kier molecular flexibility index (Phi) is 11.8. The van der Waals surface area contributed by atoms with Crippen molar-refractivity contribution in [3.05, 3.63) is 0 Å². The van der Waals surface area contributed by atoms with Gasteiger partial charge in [-0.3, -0.25) is 14.4 Å². The molecular formula is C16H28N2O5S2. The second-order valence-electron chi connectivity index (χ2n) is 6.05. The summed E-state index contributed by atoms with van der Waals surface area (Å²) in [4.78, 5) is 34.9. The maximum atomic E-state index is 11.8. The quantitative estimate of drug-likeness (QED) is 0.305. The number of amides is 1. The van der Waals surface area contributed by atoms with Crippen LogP contribution < -0.4 is 5.32 Å². The summed E-state index contributed by atoms with van der Waals surface area (Å²) in [6.45, 7) is 1.44. The minimum Gasteiger partial charge on any atom is -0.481 e. The van der Waals surface area contributed by atoms with Crippen LogP contribution in [0.15, 0.2) is 0 Å². The number of carboxylic acid groups (broad SMARTS) is 2. The first kappa shape index (κ1) is 22.1. The number of carboxylic acids is 2. The van der Waals surface area contributed by atoms with Crippen molar-refractivity contribution in [2.45, 2.75) is 50.2 Å². The first-order valence-corrected chi connectivity index (χ1v) is 11.1. The third-order valence-corrected chi connectivity index (χ3v) is 6.95. The van der Waals surface area contributed by atoms with E-state index in [0.29, 0.717) is 19.5 Å². The van der Waals surface area contributed by atoms with Crippen LogP contribution in [0.25, 0.3) is 0 Å². The Morgan fingerprint density at radius 2 is 1.68 bits per heavy atom. The van der Waals surface area contributed by atoms with Crippen LogP contribution in [0.2, 0.25) is 0 Å². The maximum absolute atomic E-state index is 11.8. The van der Waals surface area contributed by atoms with Gasteiger partial charge in [-0.05, 0) is 19.3 Å². The first-order valence-electron chi connectivity index (χ1n) is 8.68. The third-order valence-electron chi connectivity index (χ3n) is 3.94. The van der Waals surface area contributed by atoms with E-state index < -0.39 is 11.9 Å². The van der Waals surface area contributed by atoms with Crippen molar-refractivity contribution in [1.82, 2.24) is 10.2 Å². The predicted octanol–water partition coefficient (Wildman–Crippen LogP) is 2.07. The lowest BCUT2D eigenvalue weighted by atomic mass is 10.1. The largest absolute Gasteiger partial charge is 0.481 e. The number of nitrogens with one attached hydrogen (secondary N) is 1. The predicted molar refractivity (Wildman–Crippen MR) is 101 cm³/mol. The van der Waals surface area contributed by atoms with E-state index in [9.17, 15) is 14.4 Å². The Balaban J connectivity index is 2.11. The lowest BCUT2D eigenvalue weighted by molar-refractivity contribution is -0.137. The highest BCUT2D eigenvalue weighted by Crippen LogP contribution is 2.39. The van der Waals surface area contributed by atoms with Crippen LogP contribution in [0, 0.1) is 0 Å². The molecule has 1 amide bonds. The second kappa shape index (κ2) is 13.3. The molecule has 0 aromatic rings. The number of rotatable bonds is 14. The minimum atomic E-state index is -0.914. The Bertz CT molecular complexity index is 413. The molecule has 1 saturated heterocycles. The number of nitrogens with zero attached hydrogens (tertiary/aromatic N) is 1. The molecule has 0 radical (unpaired) electrons. The Hall–Kier alpha value is -0.930. The molecule has 1 heterocycles. The summed E-state index contributed by atoms with van der Waals surface area (Å²) in [5, 5.41) is 21.0. The zero-order valence-corrected chi connectivity index (χ0v) is 16.1. The van der Waals surface area contributed by atoms with Crippen molar-refractivity contribution in [3.63, 3.8) is 0 Å². The zero-order valence-electron chi connectivity index (χ0n) is 14.4. The normalized spacial score (nSPS) is 16.9. The fourth-order valence-electron chi connectivity index (χ4n) is 2.51. The number of unbranched alkanes of at least 4 members (excludes halogenated alkanes) is 1. The van der Waals surface area contributed by atoms with Crippen LogP contribution in [0.1, 0.15) is 44.9 Å². The maximum Gasteiger partial charge on any atom is 0.304 e. The Morgan fingerprint density at radius 3 is 2.24 bits per heavy atom. The molecule has 1 atom stereocenters. The van der Waals surface area contributed by atoms with Gasteiger partial charge >= 0.3 is 11.9 Å². The summed E-state index contributed by atoms with van der Waals surface area (Å²) in [7, 11) is 3.89. The van der Waals surface area contributed by atoms with Gasteiger partial charge in [-0.15, -0.1) is 0 Å². The van der Waals surface area contributed by atoms with Gasteiger partial charge in [0.25, 0.3) is 0 Å². The summed E-state index contributed by atoms with van der Waals surface area (Å²) >= 11 is 0. The van der Waals surface area contributed by atoms with Crippen LogP contribution in [-0.4, -0.2) is 70.1 Å². The van der Waals surface area contributed by atoms with E-state index in [2.05, 4.69) is 5.32 Å². The summed E-state index contributed by atoms with van der Waals surface area (Å²) in [5.41, 5.74) is 0. The van der Waals surface area contributed by atoms with Crippen LogP contribution in [0.3, 0.4) is 0 Å². The summed E-state index contributed by atoms with van der Waals surface area (Å²) in [5.74, 6) is -0.591. The molecule has 1 unspecified atom stereocenters. The van der Waals surface area contributed by atoms with Gasteiger partial charge in [0.15, 0.2) is 0 Å². The molecule has 1 aliphatic rings. The van der Waals surface area contributed by atoms with Gasteiger partial charge in [0.05, 0.1) is 12.8 Å². The Labute approximate surface area is 156 Å². The standard InChI is InChI=1S/C16H28N2O5S2/c19-14(4-2-1-3-13-7-12-24-25-13)17-8-11-18(9-5-15(20)21)10-6-16(22)23/h13H,1-12H2,(H,17,19)(H,20,21)(H,22,23). The van der Waals surface area contributed by atoms with Crippen molar-refractivity contribution < 1.29 is 24.6 Å². The lowest BCUT2D eigenvalue weighted by Crippen LogP contribution is -2.37. The molecule has 9 heteroatoms. The molecule has 1 aliphatic heterocycles. The summed E-state index contributed by atoms with van der Waals surface area (Å²) < 4.78 is 0. The van der Waals surface area contributed by atoms with Crippen LogP contribution in [-0.2, 0) is 14.4 Å². The zero-order chi connectivity index (χ0) is 18.5. The van der Waals surface area contributed by atoms with Crippen molar-refractivity contribution in [2.24, 2.45) is 0 Å². The fraction of sp³-hybridized carbons (Fsp3) is 0.812. The highest BCUT2D eigenvalue weighted by molar-refractivity contribution is 8.77. The number of carbonyl (C=O) groups excluding carboxylic acids is 1. The van der Waals surface area contributed by atoms with Gasteiger partial charge in [-0.25, -0.2) is 0 Å². The minimum absolute atomic E-state index is 0.00451. The van der Waals surface area contributed by atoms with Gasteiger partial charge in [0.1, 0.15) is 0 Å². The van der Waals surface area contributed by atoms with E-state index in [4.69, 9.17) is 10.2 Å². The molecule has 0 spiro atoms. The molecule has 1 fully saturated rings. The lowest BCUT2D eigenvalue weighted by Gasteiger charge is -2.20. The fourth-order valence-corrected chi connectivity index (χ4v) is 5.53. The monoisotopic (exact) mass is 392 g/mol. The van der Waals surface area contributed by atoms with E-state index in [-0.39, 0.29) is 31.8 Å². The van der Waals surface area contributed by atoms with E-state index in [1.54, 1.807) is 4.90 Å². The van der Waals surface area contributed by atoms with E-state index in [1.807, 2.05) is 21.6 Å². The molecule has 3 N–H and O–H groups in total. The number of aliphatic carboxylic acids is 2. The molecule has 1 rings (SSSR count). The molecule has 144 valence electrons. The van der Waals surface area contributed by atoms with Crippen LogP contribution in [0.4, 0.5) is 0 Å². The van der Waals surface area contributed by atoms with Crippen molar-refractivity contribution in [3.8, 4) is 0 Å². The topological polar surface area (TPSA) is 107 Å². The van der Waals surface area contributed by atoms with E-state index in [0.717, 1.165) is 18.1 Å². The molecule has 0 saturated carbocycles. The van der Waals surface area contributed by atoms with Crippen LogP contribution >= 0.6 is 21.6 Å². The average molecular weight is 393 g/mol. The van der Waals surface area contributed by atoms with Crippen molar-refractivity contribution >= 4 is 39.4 Å². The number of hydrogen-bond acceptors (Lipinski definition) is 6. The Morgan fingerprint density at radius 1 is 1.00 bits per heavy atom. The highest BCUT2D eigenvalue weighted by atomic mass is 33.1. The van der Waals surface area contributed by atoms with Crippen LogP contribution in [0.5, 0.6) is 0 Å². The van der Waals surface area contributed by atoms with Gasteiger partial charge in [0.2, 0.25) is 5.91 Å². The van der Waals surface area contributed by atoms with E-state index in [1.165, 1.54) is 18.6 Å². The molecule has 0 bridgehead atoms. The number of hydrogen-bond donors (Lipinski definition) is 3. The first-order chi connectivity index (χ1) is 12.0. The smallest absolute Gasteiger partial charge is 0.304 e. The SMILES string of the molecule is O=C(O)CCN(CCNC(=O)CCCCC1CCSS1)CCC(=O)O. The number of carbonyl (C=O) groups is 3. The molecule has 0 aliphatic carbocycles. The molecule has 0 aromatic heterocycles. The van der Waals surface area contributed by atoms with Crippen molar-refractivity contribution in [2.75, 3.05) is 31.9 Å².